The molecule has 3 rings (SSSR count). The molecular weight excluding hydrogens is 244 g/mol. The van der Waals surface area contributed by atoms with E-state index >= 15 is 0 Å². The Kier molecular flexibility index (Phi) is 5.92. The first kappa shape index (κ1) is 15.9. The van der Waals surface area contributed by atoms with Crippen LogP contribution in [-0.4, -0.2) is 5.78 Å². The van der Waals surface area contributed by atoms with Gasteiger partial charge in [0, 0.05) is 11.1 Å². The van der Waals surface area contributed by atoms with Crippen LogP contribution in [0.5, 0.6) is 0 Å². The highest BCUT2D eigenvalue weighted by Crippen LogP contribution is 2.34. The number of carbonyl (C=O) groups is 1. The summed E-state index contributed by atoms with van der Waals surface area (Å²) in [5, 5.41) is 0. The minimum atomic E-state index is 0.0959. The SMILES string of the molecule is C=C1c2ccccc2C(=O)c2ccccc21.CC.CC. The summed E-state index contributed by atoms with van der Waals surface area (Å²) < 4.78 is 0. The normalized spacial score (nSPS) is 11.2. The molecule has 0 saturated heterocycles. The molecule has 2 aromatic rings. The quantitative estimate of drug-likeness (QED) is 0.536. The molecule has 1 aliphatic carbocycles. The van der Waals surface area contributed by atoms with Crippen LogP contribution >= 0.6 is 0 Å². The maximum atomic E-state index is 12.2. The number of hydrogen-bond donors (Lipinski definition) is 0. The van der Waals surface area contributed by atoms with E-state index in [0.717, 1.165) is 27.8 Å². The van der Waals surface area contributed by atoms with E-state index in [9.17, 15) is 4.79 Å². The van der Waals surface area contributed by atoms with Gasteiger partial charge in [-0.05, 0) is 16.7 Å². The fourth-order valence-electron chi connectivity index (χ4n) is 2.18. The second kappa shape index (κ2) is 7.44. The van der Waals surface area contributed by atoms with Crippen molar-refractivity contribution in [1.82, 2.24) is 0 Å². The number of hydrogen-bond acceptors (Lipinski definition) is 1. The van der Waals surface area contributed by atoms with Gasteiger partial charge in [-0.3, -0.25) is 4.79 Å². The molecular formula is C19H22O. The number of carbonyl (C=O) groups excluding carboxylic acids is 1. The van der Waals surface area contributed by atoms with Crippen molar-refractivity contribution in [1.29, 1.82) is 0 Å². The summed E-state index contributed by atoms with van der Waals surface area (Å²) in [5.74, 6) is 0.0959. The van der Waals surface area contributed by atoms with Crippen molar-refractivity contribution in [2.45, 2.75) is 27.7 Å². The first-order valence-electron chi connectivity index (χ1n) is 7.21. The molecule has 20 heavy (non-hydrogen) atoms. The van der Waals surface area contributed by atoms with Crippen molar-refractivity contribution in [3.8, 4) is 0 Å². The zero-order valence-electron chi connectivity index (χ0n) is 12.7. The third kappa shape index (κ3) is 2.72. The van der Waals surface area contributed by atoms with Gasteiger partial charge in [-0.1, -0.05) is 82.8 Å². The molecule has 0 bridgehead atoms. The molecule has 0 atom stereocenters. The summed E-state index contributed by atoms with van der Waals surface area (Å²) in [4.78, 5) is 12.2. The summed E-state index contributed by atoms with van der Waals surface area (Å²) in [7, 11) is 0. The first-order valence-corrected chi connectivity index (χ1v) is 7.21. The maximum Gasteiger partial charge on any atom is 0.194 e. The van der Waals surface area contributed by atoms with Crippen LogP contribution < -0.4 is 0 Å². The van der Waals surface area contributed by atoms with Crippen molar-refractivity contribution < 1.29 is 4.79 Å². The Morgan fingerprint density at radius 1 is 0.650 bits per heavy atom. The topological polar surface area (TPSA) is 17.1 Å². The molecule has 0 spiro atoms. The van der Waals surface area contributed by atoms with Gasteiger partial charge in [0.15, 0.2) is 5.78 Å². The lowest BCUT2D eigenvalue weighted by molar-refractivity contribution is 0.103. The Hall–Kier alpha value is -2.15. The molecule has 0 heterocycles. The molecule has 0 N–H and O–H groups in total. The largest absolute Gasteiger partial charge is 0.289 e. The van der Waals surface area contributed by atoms with Gasteiger partial charge < -0.3 is 0 Å². The standard InChI is InChI=1S/C15H10O.2C2H6/c1-10-11-6-2-4-8-13(11)15(16)14-9-5-3-7-12(10)14;2*1-2/h2-9H,1H2;2*1-2H3. The molecule has 0 aliphatic heterocycles. The fraction of sp³-hybridized carbons (Fsp3) is 0.211. The highest BCUT2D eigenvalue weighted by Gasteiger charge is 2.24. The van der Waals surface area contributed by atoms with Crippen LogP contribution in [0.15, 0.2) is 55.1 Å². The van der Waals surface area contributed by atoms with Gasteiger partial charge >= 0.3 is 0 Å². The van der Waals surface area contributed by atoms with E-state index in [1.807, 2.05) is 76.2 Å². The van der Waals surface area contributed by atoms with E-state index < -0.39 is 0 Å². The molecule has 1 nitrogen and oxygen atoms in total. The van der Waals surface area contributed by atoms with Crippen molar-refractivity contribution >= 4 is 11.4 Å². The minimum absolute atomic E-state index is 0.0959. The van der Waals surface area contributed by atoms with Gasteiger partial charge in [-0.15, -0.1) is 0 Å². The van der Waals surface area contributed by atoms with E-state index in [4.69, 9.17) is 0 Å². The molecule has 1 aliphatic rings. The Morgan fingerprint density at radius 2 is 0.950 bits per heavy atom. The lowest BCUT2D eigenvalue weighted by Gasteiger charge is -2.20. The molecule has 0 fully saturated rings. The van der Waals surface area contributed by atoms with Gasteiger partial charge in [-0.25, -0.2) is 0 Å². The number of ketones is 1. The second-order valence-corrected chi connectivity index (χ2v) is 3.90. The van der Waals surface area contributed by atoms with Crippen LogP contribution in [0, 0.1) is 0 Å². The Labute approximate surface area is 122 Å². The first-order chi connectivity index (χ1) is 9.79. The summed E-state index contributed by atoms with van der Waals surface area (Å²) in [6.07, 6.45) is 0. The molecule has 0 unspecified atom stereocenters. The van der Waals surface area contributed by atoms with Crippen molar-refractivity contribution in [2.75, 3.05) is 0 Å². The number of fused-ring (bicyclic) bond motifs is 2. The lowest BCUT2D eigenvalue weighted by Crippen LogP contribution is -2.13. The molecule has 2 aromatic carbocycles. The molecule has 0 aromatic heterocycles. The minimum Gasteiger partial charge on any atom is -0.289 e. The predicted octanol–water partition coefficient (Wildman–Crippen LogP) is 5.34. The summed E-state index contributed by atoms with van der Waals surface area (Å²) >= 11 is 0. The average molecular weight is 266 g/mol. The van der Waals surface area contributed by atoms with E-state index in [1.165, 1.54) is 0 Å². The molecule has 0 radical (unpaired) electrons. The van der Waals surface area contributed by atoms with Gasteiger partial charge in [0.2, 0.25) is 0 Å². The molecule has 0 amide bonds. The van der Waals surface area contributed by atoms with E-state index in [1.54, 1.807) is 0 Å². The summed E-state index contributed by atoms with van der Waals surface area (Å²) in [6.45, 7) is 12.1. The van der Waals surface area contributed by atoms with Gasteiger partial charge in [-0.2, -0.15) is 0 Å². The average Bonchev–Trinajstić information content (AvgIpc) is 2.56. The lowest BCUT2D eigenvalue weighted by atomic mass is 9.82. The van der Waals surface area contributed by atoms with Crippen molar-refractivity contribution in [3.05, 3.63) is 77.4 Å². The van der Waals surface area contributed by atoms with Crippen LogP contribution in [-0.2, 0) is 0 Å². The van der Waals surface area contributed by atoms with Crippen molar-refractivity contribution in [3.63, 3.8) is 0 Å². The highest BCUT2D eigenvalue weighted by atomic mass is 16.1. The van der Waals surface area contributed by atoms with Crippen LogP contribution in [0.3, 0.4) is 0 Å². The maximum absolute atomic E-state index is 12.2. The third-order valence-electron chi connectivity index (χ3n) is 2.99. The third-order valence-corrected chi connectivity index (χ3v) is 2.99. The van der Waals surface area contributed by atoms with Gasteiger partial charge in [0.25, 0.3) is 0 Å². The molecule has 1 heteroatoms. The van der Waals surface area contributed by atoms with Crippen molar-refractivity contribution in [2.24, 2.45) is 0 Å². The van der Waals surface area contributed by atoms with Crippen LogP contribution in [0.2, 0.25) is 0 Å². The van der Waals surface area contributed by atoms with Gasteiger partial charge in [0.05, 0.1) is 0 Å². The number of rotatable bonds is 0. The molecule has 0 saturated carbocycles. The summed E-state index contributed by atoms with van der Waals surface area (Å²) in [6, 6.07) is 15.3. The smallest absolute Gasteiger partial charge is 0.194 e. The second-order valence-electron chi connectivity index (χ2n) is 3.90. The predicted molar refractivity (Wildman–Crippen MR) is 87.1 cm³/mol. The van der Waals surface area contributed by atoms with Crippen LogP contribution in [0.4, 0.5) is 0 Å². The molecule has 104 valence electrons. The summed E-state index contributed by atoms with van der Waals surface area (Å²) in [5.41, 5.74) is 4.35. The fourth-order valence-corrected chi connectivity index (χ4v) is 2.18. The van der Waals surface area contributed by atoms with E-state index in [-0.39, 0.29) is 5.78 Å². The zero-order valence-corrected chi connectivity index (χ0v) is 12.7. The van der Waals surface area contributed by atoms with E-state index in [0.29, 0.717) is 0 Å². The Bertz CT molecular complexity index is 503. The highest BCUT2D eigenvalue weighted by molar-refractivity contribution is 6.18. The Morgan fingerprint density at radius 3 is 1.30 bits per heavy atom. The van der Waals surface area contributed by atoms with Crippen LogP contribution in [0.25, 0.3) is 5.57 Å². The van der Waals surface area contributed by atoms with Gasteiger partial charge in [0.1, 0.15) is 0 Å². The number of benzene rings is 2. The van der Waals surface area contributed by atoms with Crippen LogP contribution in [0.1, 0.15) is 54.7 Å². The Balaban J connectivity index is 0.000000461. The monoisotopic (exact) mass is 266 g/mol. The zero-order chi connectivity index (χ0) is 15.1. The van der Waals surface area contributed by atoms with E-state index in [2.05, 4.69) is 6.58 Å².